The van der Waals surface area contributed by atoms with Gasteiger partial charge in [-0.3, -0.25) is 0 Å². The molecule has 3 nitrogen and oxygen atoms in total. The quantitative estimate of drug-likeness (QED) is 0.758. The molecule has 1 aliphatic heterocycles. The molecular weight excluding hydrogens is 174 g/mol. The standard InChI is InChI=1S/C11H12N3/c12-7-6-10-8-13-11(14-10)9-4-2-1-3-5-9/h1-5,8H,6-7,12H2. The van der Waals surface area contributed by atoms with Crippen molar-refractivity contribution >= 4 is 5.84 Å². The first kappa shape index (κ1) is 8.97. The van der Waals surface area contributed by atoms with Gasteiger partial charge in [0.15, 0.2) is 5.84 Å². The summed E-state index contributed by atoms with van der Waals surface area (Å²) in [6.45, 7) is 0.618. The van der Waals surface area contributed by atoms with Gasteiger partial charge in [-0.1, -0.05) is 30.3 Å². The highest BCUT2D eigenvalue weighted by molar-refractivity contribution is 6.01. The first-order chi connectivity index (χ1) is 6.90. The number of aliphatic imine (C=N–C) groups is 1. The molecule has 0 amide bonds. The number of hydrogen-bond acceptors (Lipinski definition) is 2. The Morgan fingerprint density at radius 3 is 2.64 bits per heavy atom. The predicted octanol–water partition coefficient (Wildman–Crippen LogP) is 1.24. The molecule has 1 aromatic rings. The van der Waals surface area contributed by atoms with Gasteiger partial charge in [-0.15, -0.1) is 0 Å². The molecule has 3 heteroatoms. The van der Waals surface area contributed by atoms with E-state index in [-0.39, 0.29) is 0 Å². The molecule has 0 atom stereocenters. The molecule has 1 radical (unpaired) electrons. The summed E-state index contributed by atoms with van der Waals surface area (Å²) in [5.41, 5.74) is 7.46. The molecule has 2 rings (SSSR count). The third-order valence-electron chi connectivity index (χ3n) is 2.02. The minimum Gasteiger partial charge on any atom is -0.330 e. The van der Waals surface area contributed by atoms with E-state index in [2.05, 4.69) is 10.3 Å². The molecule has 1 heterocycles. The fourth-order valence-electron chi connectivity index (χ4n) is 1.32. The van der Waals surface area contributed by atoms with Crippen molar-refractivity contribution in [3.63, 3.8) is 0 Å². The van der Waals surface area contributed by atoms with E-state index in [0.717, 1.165) is 23.5 Å². The lowest BCUT2D eigenvalue weighted by molar-refractivity contribution is 0.939. The molecule has 2 N–H and O–H groups in total. The number of amidine groups is 1. The van der Waals surface area contributed by atoms with Crippen LogP contribution < -0.4 is 11.1 Å². The maximum Gasteiger partial charge on any atom is 0.159 e. The van der Waals surface area contributed by atoms with Crippen molar-refractivity contribution in [2.45, 2.75) is 6.42 Å². The normalized spacial score (nSPS) is 14.6. The van der Waals surface area contributed by atoms with Crippen LogP contribution in [0.1, 0.15) is 12.0 Å². The Bertz CT molecular complexity index is 365. The first-order valence-corrected chi connectivity index (χ1v) is 4.64. The van der Waals surface area contributed by atoms with Crippen LogP contribution in [-0.4, -0.2) is 12.4 Å². The van der Waals surface area contributed by atoms with Crippen LogP contribution in [0.2, 0.25) is 0 Å². The Hall–Kier alpha value is -1.61. The van der Waals surface area contributed by atoms with Crippen LogP contribution in [-0.2, 0) is 0 Å². The smallest absolute Gasteiger partial charge is 0.159 e. The van der Waals surface area contributed by atoms with Crippen LogP contribution >= 0.6 is 0 Å². The molecule has 1 aliphatic rings. The molecule has 0 unspecified atom stereocenters. The number of nitrogens with zero attached hydrogens (tertiary/aromatic N) is 2. The van der Waals surface area contributed by atoms with Crippen molar-refractivity contribution < 1.29 is 0 Å². The van der Waals surface area contributed by atoms with E-state index in [0.29, 0.717) is 6.54 Å². The lowest BCUT2D eigenvalue weighted by atomic mass is 10.2. The van der Waals surface area contributed by atoms with Crippen molar-refractivity contribution in [1.82, 2.24) is 5.32 Å². The fraction of sp³-hybridized carbons (Fsp3) is 0.182. The second-order valence-corrected chi connectivity index (χ2v) is 3.09. The Kier molecular flexibility index (Phi) is 2.60. The summed E-state index contributed by atoms with van der Waals surface area (Å²) in [5, 5.41) is 4.24. The van der Waals surface area contributed by atoms with Crippen molar-refractivity contribution in [3.05, 3.63) is 47.8 Å². The molecule has 0 bridgehead atoms. The van der Waals surface area contributed by atoms with Crippen molar-refractivity contribution in [2.24, 2.45) is 10.7 Å². The van der Waals surface area contributed by atoms with Crippen LogP contribution in [0.5, 0.6) is 0 Å². The van der Waals surface area contributed by atoms with Crippen molar-refractivity contribution in [2.75, 3.05) is 6.54 Å². The Morgan fingerprint density at radius 1 is 1.14 bits per heavy atom. The summed E-state index contributed by atoms with van der Waals surface area (Å²) in [6.07, 6.45) is 2.58. The summed E-state index contributed by atoms with van der Waals surface area (Å²) in [6, 6.07) is 9.94. The van der Waals surface area contributed by atoms with Crippen LogP contribution in [0.4, 0.5) is 0 Å². The molecule has 71 valence electrons. The number of hydrogen-bond donors (Lipinski definition) is 1. The van der Waals surface area contributed by atoms with Gasteiger partial charge in [0.25, 0.3) is 0 Å². The van der Waals surface area contributed by atoms with E-state index in [4.69, 9.17) is 5.73 Å². The Balaban J connectivity index is 2.13. The van der Waals surface area contributed by atoms with Gasteiger partial charge < -0.3 is 5.73 Å². The van der Waals surface area contributed by atoms with Gasteiger partial charge in [-0.2, -0.15) is 0 Å². The fourth-order valence-corrected chi connectivity index (χ4v) is 1.32. The molecule has 0 aromatic heterocycles. The Labute approximate surface area is 83.3 Å². The van der Waals surface area contributed by atoms with Gasteiger partial charge in [0.2, 0.25) is 0 Å². The van der Waals surface area contributed by atoms with Crippen LogP contribution in [0.15, 0.2) is 47.2 Å². The van der Waals surface area contributed by atoms with E-state index in [1.807, 2.05) is 30.3 Å². The average Bonchev–Trinajstić information content (AvgIpc) is 2.68. The topological polar surface area (TPSA) is 52.5 Å². The molecule has 0 spiro atoms. The maximum absolute atomic E-state index is 5.44. The summed E-state index contributed by atoms with van der Waals surface area (Å²) < 4.78 is 0. The van der Waals surface area contributed by atoms with Gasteiger partial charge in [-0.25, -0.2) is 10.3 Å². The molecule has 0 aliphatic carbocycles. The highest BCUT2D eigenvalue weighted by Crippen LogP contribution is 2.12. The number of nitrogens with two attached hydrogens (primary N) is 1. The van der Waals surface area contributed by atoms with Crippen LogP contribution in [0.3, 0.4) is 0 Å². The molecule has 0 saturated heterocycles. The third-order valence-corrected chi connectivity index (χ3v) is 2.02. The summed E-state index contributed by atoms with van der Waals surface area (Å²) >= 11 is 0. The average molecular weight is 186 g/mol. The van der Waals surface area contributed by atoms with Gasteiger partial charge >= 0.3 is 0 Å². The van der Waals surface area contributed by atoms with E-state index in [1.54, 1.807) is 6.20 Å². The summed E-state index contributed by atoms with van der Waals surface area (Å²) in [4.78, 5) is 4.38. The molecule has 1 aromatic carbocycles. The minimum atomic E-state index is 0.618. The molecule has 0 fully saturated rings. The zero-order valence-electron chi connectivity index (χ0n) is 7.85. The van der Waals surface area contributed by atoms with Crippen LogP contribution in [0.25, 0.3) is 0 Å². The predicted molar refractivity (Wildman–Crippen MR) is 56.9 cm³/mol. The zero-order valence-corrected chi connectivity index (χ0v) is 7.85. The Morgan fingerprint density at radius 2 is 1.93 bits per heavy atom. The molecule has 14 heavy (non-hydrogen) atoms. The summed E-state index contributed by atoms with van der Waals surface area (Å²) in [5.74, 6) is 0.786. The maximum atomic E-state index is 5.44. The first-order valence-electron chi connectivity index (χ1n) is 4.64. The van der Waals surface area contributed by atoms with Gasteiger partial charge in [0.05, 0.1) is 11.9 Å². The highest BCUT2D eigenvalue weighted by atomic mass is 15.0. The lowest BCUT2D eigenvalue weighted by Crippen LogP contribution is -2.06. The second kappa shape index (κ2) is 4.07. The molecule has 0 saturated carbocycles. The van der Waals surface area contributed by atoms with Gasteiger partial charge in [0.1, 0.15) is 0 Å². The third kappa shape index (κ3) is 1.83. The SMILES string of the molecule is NCCC1=C[N]C(c2ccccc2)=N1. The second-order valence-electron chi connectivity index (χ2n) is 3.09. The molecular formula is C11H12N3. The van der Waals surface area contributed by atoms with E-state index >= 15 is 0 Å². The van der Waals surface area contributed by atoms with Crippen molar-refractivity contribution in [1.29, 1.82) is 0 Å². The monoisotopic (exact) mass is 186 g/mol. The zero-order chi connectivity index (χ0) is 9.80. The van der Waals surface area contributed by atoms with Crippen LogP contribution in [0, 0.1) is 0 Å². The summed E-state index contributed by atoms with van der Waals surface area (Å²) in [7, 11) is 0. The van der Waals surface area contributed by atoms with Crippen molar-refractivity contribution in [3.8, 4) is 0 Å². The van der Waals surface area contributed by atoms with Gasteiger partial charge in [0, 0.05) is 12.0 Å². The lowest BCUT2D eigenvalue weighted by Gasteiger charge is -1.97. The number of rotatable bonds is 3. The van der Waals surface area contributed by atoms with E-state index in [1.165, 1.54) is 0 Å². The minimum absolute atomic E-state index is 0.618. The van der Waals surface area contributed by atoms with Gasteiger partial charge in [-0.05, 0) is 6.54 Å². The largest absolute Gasteiger partial charge is 0.330 e. The van der Waals surface area contributed by atoms with E-state index < -0.39 is 0 Å². The highest BCUT2D eigenvalue weighted by Gasteiger charge is 2.10. The van der Waals surface area contributed by atoms with E-state index in [9.17, 15) is 0 Å². The number of benzene rings is 1.